The Morgan fingerprint density at radius 3 is 2.41 bits per heavy atom. The zero-order chi connectivity index (χ0) is 12.9. The minimum Gasteiger partial charge on any atom is -0.452 e. The number of hydrogen-bond acceptors (Lipinski definition) is 4. The van der Waals surface area contributed by atoms with E-state index < -0.39 is 21.8 Å². The third kappa shape index (κ3) is 4.33. The normalized spacial score (nSPS) is 19.6. The molecule has 1 fully saturated rings. The number of hydrogen-bond donors (Lipinski definition) is 2. The number of halogens is 1. The van der Waals surface area contributed by atoms with Crippen LogP contribution < -0.4 is 9.44 Å². The Bertz CT molecular complexity index is 365. The Morgan fingerprint density at radius 2 is 1.94 bits per heavy atom. The van der Waals surface area contributed by atoms with Crippen molar-refractivity contribution < 1.29 is 17.9 Å². The van der Waals surface area contributed by atoms with E-state index in [1.807, 2.05) is 0 Å². The molecule has 0 aromatic carbocycles. The maximum absolute atomic E-state index is 11.7. The van der Waals surface area contributed by atoms with Crippen molar-refractivity contribution in [3.63, 3.8) is 0 Å². The van der Waals surface area contributed by atoms with Crippen LogP contribution in [0.4, 0.5) is 4.79 Å². The minimum atomic E-state index is -3.92. The molecule has 0 saturated heterocycles. The maximum atomic E-state index is 11.7. The number of amides is 1. The van der Waals surface area contributed by atoms with Gasteiger partial charge in [0, 0.05) is 11.4 Å². The van der Waals surface area contributed by atoms with Crippen molar-refractivity contribution in [2.24, 2.45) is 0 Å². The van der Waals surface area contributed by atoms with E-state index in [4.69, 9.17) is 11.6 Å². The van der Waals surface area contributed by atoms with Gasteiger partial charge in [0.1, 0.15) is 0 Å². The molecule has 1 aliphatic carbocycles. The molecule has 1 amide bonds. The molecule has 2 N–H and O–H groups in total. The van der Waals surface area contributed by atoms with E-state index in [0.717, 1.165) is 26.4 Å². The third-order valence-corrected chi connectivity index (χ3v) is 4.47. The summed E-state index contributed by atoms with van der Waals surface area (Å²) in [4.78, 5) is 10.9. The maximum Gasteiger partial charge on any atom is 0.421 e. The third-order valence-electron chi connectivity index (χ3n) is 2.82. The van der Waals surface area contributed by atoms with Crippen LogP contribution in [0.1, 0.15) is 32.1 Å². The van der Waals surface area contributed by atoms with Gasteiger partial charge in [0.15, 0.2) is 0 Å². The number of ether oxygens (including phenoxy) is 1. The molecule has 17 heavy (non-hydrogen) atoms. The van der Waals surface area contributed by atoms with Gasteiger partial charge in [0.2, 0.25) is 0 Å². The van der Waals surface area contributed by atoms with Crippen molar-refractivity contribution in [2.45, 2.75) is 37.6 Å². The molecule has 1 saturated carbocycles. The predicted octanol–water partition coefficient (Wildman–Crippen LogP) is 1.12. The second kappa shape index (κ2) is 5.88. The van der Waals surface area contributed by atoms with Crippen LogP contribution in [0.3, 0.4) is 0 Å². The van der Waals surface area contributed by atoms with Gasteiger partial charge in [-0.3, -0.25) is 0 Å². The van der Waals surface area contributed by atoms with Crippen LogP contribution in [0.5, 0.6) is 0 Å². The van der Waals surface area contributed by atoms with Crippen LogP contribution in [0.25, 0.3) is 0 Å². The topological polar surface area (TPSA) is 84.5 Å². The summed E-state index contributed by atoms with van der Waals surface area (Å²) in [6.45, 7) is 0. The van der Waals surface area contributed by atoms with Gasteiger partial charge in [0.05, 0.1) is 7.11 Å². The van der Waals surface area contributed by atoms with Crippen molar-refractivity contribution in [3.8, 4) is 0 Å². The largest absolute Gasteiger partial charge is 0.452 e. The molecule has 1 aliphatic rings. The van der Waals surface area contributed by atoms with Gasteiger partial charge in [0.25, 0.3) is 0 Å². The monoisotopic (exact) mass is 284 g/mol. The Hall–Kier alpha value is -0.530. The zero-order valence-electron chi connectivity index (χ0n) is 9.66. The molecule has 0 heterocycles. The van der Waals surface area contributed by atoms with Gasteiger partial charge in [-0.15, -0.1) is 11.6 Å². The summed E-state index contributed by atoms with van der Waals surface area (Å²) in [7, 11) is -2.82. The highest BCUT2D eigenvalue weighted by atomic mass is 35.5. The molecule has 0 aliphatic heterocycles. The molecule has 0 spiro atoms. The van der Waals surface area contributed by atoms with Gasteiger partial charge in [-0.1, -0.05) is 19.3 Å². The Labute approximate surface area is 106 Å². The molecule has 0 bridgehead atoms. The predicted molar refractivity (Wildman–Crippen MR) is 64.1 cm³/mol. The number of alkyl halides is 1. The number of carbonyl (C=O) groups excluding carboxylic acids is 1. The van der Waals surface area contributed by atoms with Gasteiger partial charge in [-0.25, -0.2) is 9.52 Å². The summed E-state index contributed by atoms with van der Waals surface area (Å²) in [6.07, 6.45) is 3.26. The van der Waals surface area contributed by atoms with Crippen molar-refractivity contribution in [1.82, 2.24) is 9.44 Å². The fourth-order valence-corrected chi connectivity index (χ4v) is 3.57. The van der Waals surface area contributed by atoms with Crippen molar-refractivity contribution in [3.05, 3.63) is 0 Å². The summed E-state index contributed by atoms with van der Waals surface area (Å²) < 4.78 is 31.7. The first-order chi connectivity index (χ1) is 7.93. The van der Waals surface area contributed by atoms with Crippen LogP contribution >= 0.6 is 11.6 Å². The highest BCUT2D eigenvalue weighted by molar-refractivity contribution is 7.88. The second-order valence-corrected chi connectivity index (χ2v) is 5.86. The van der Waals surface area contributed by atoms with Crippen LogP contribution in [-0.2, 0) is 14.9 Å². The van der Waals surface area contributed by atoms with E-state index in [9.17, 15) is 13.2 Å². The Kier molecular flexibility index (Phi) is 5.03. The first-order valence-corrected chi connectivity index (χ1v) is 7.40. The summed E-state index contributed by atoms with van der Waals surface area (Å²) in [5.41, 5.74) is -0.653. The molecule has 0 radical (unpaired) electrons. The summed E-state index contributed by atoms with van der Waals surface area (Å²) in [6, 6.07) is 0. The SMILES string of the molecule is COC(=O)NS(=O)(=O)NC1(CCl)CCCCC1. The van der Waals surface area contributed by atoms with Gasteiger partial charge in [-0.2, -0.15) is 13.1 Å². The van der Waals surface area contributed by atoms with Crippen molar-refractivity contribution in [1.29, 1.82) is 0 Å². The van der Waals surface area contributed by atoms with Gasteiger partial charge < -0.3 is 4.74 Å². The molecule has 8 heteroatoms. The number of methoxy groups -OCH3 is 1. The molecular weight excluding hydrogens is 268 g/mol. The lowest BCUT2D eigenvalue weighted by molar-refractivity contribution is 0.177. The summed E-state index contributed by atoms with van der Waals surface area (Å²) in [5.74, 6) is 0.190. The van der Waals surface area contributed by atoms with Crippen LogP contribution in [0.2, 0.25) is 0 Å². The fourth-order valence-electron chi connectivity index (χ4n) is 1.95. The lowest BCUT2D eigenvalue weighted by Crippen LogP contribution is -2.55. The molecule has 6 nitrogen and oxygen atoms in total. The first kappa shape index (κ1) is 14.5. The average Bonchev–Trinajstić information content (AvgIpc) is 2.28. The lowest BCUT2D eigenvalue weighted by Gasteiger charge is -2.35. The van der Waals surface area contributed by atoms with Crippen LogP contribution in [0, 0.1) is 0 Å². The lowest BCUT2D eigenvalue weighted by atomic mass is 9.84. The molecular formula is C9H17ClN2O4S. The molecule has 1 rings (SSSR count). The van der Waals surface area contributed by atoms with E-state index in [-0.39, 0.29) is 5.88 Å². The zero-order valence-corrected chi connectivity index (χ0v) is 11.2. The Morgan fingerprint density at radius 1 is 1.35 bits per heavy atom. The summed E-state index contributed by atoms with van der Waals surface area (Å²) >= 11 is 5.84. The molecule has 0 aromatic heterocycles. The molecule has 0 aromatic rings. The fraction of sp³-hybridized carbons (Fsp3) is 0.889. The second-order valence-electron chi connectivity index (χ2n) is 4.17. The van der Waals surface area contributed by atoms with E-state index in [2.05, 4.69) is 9.46 Å². The first-order valence-electron chi connectivity index (χ1n) is 5.39. The van der Waals surface area contributed by atoms with E-state index in [1.165, 1.54) is 0 Å². The highest BCUT2D eigenvalue weighted by Crippen LogP contribution is 2.29. The minimum absolute atomic E-state index is 0.190. The molecule has 0 atom stereocenters. The summed E-state index contributed by atoms with van der Waals surface area (Å²) in [5, 5.41) is 0. The number of nitrogens with one attached hydrogen (secondary N) is 2. The average molecular weight is 285 g/mol. The quantitative estimate of drug-likeness (QED) is 0.758. The van der Waals surface area contributed by atoms with Crippen LogP contribution in [-0.4, -0.2) is 33.0 Å². The van der Waals surface area contributed by atoms with Gasteiger partial charge >= 0.3 is 16.3 Å². The molecule has 100 valence electrons. The van der Waals surface area contributed by atoms with Crippen molar-refractivity contribution in [2.75, 3.05) is 13.0 Å². The Balaban J connectivity index is 2.69. The highest BCUT2D eigenvalue weighted by Gasteiger charge is 2.35. The van der Waals surface area contributed by atoms with E-state index in [0.29, 0.717) is 12.8 Å². The number of rotatable bonds is 4. The number of carbonyl (C=O) groups is 1. The smallest absolute Gasteiger partial charge is 0.421 e. The standard InChI is InChI=1S/C9H17ClN2O4S/c1-16-8(13)11-17(14,15)12-9(7-10)5-3-2-4-6-9/h12H,2-7H2,1H3,(H,11,13). The van der Waals surface area contributed by atoms with Crippen molar-refractivity contribution >= 4 is 27.9 Å². The van der Waals surface area contributed by atoms with E-state index in [1.54, 1.807) is 4.72 Å². The van der Waals surface area contributed by atoms with Gasteiger partial charge in [-0.05, 0) is 12.8 Å². The van der Waals surface area contributed by atoms with E-state index >= 15 is 0 Å². The van der Waals surface area contributed by atoms with Crippen LogP contribution in [0.15, 0.2) is 0 Å². The molecule has 0 unspecified atom stereocenters.